The molecule has 5 rings (SSSR count). The second kappa shape index (κ2) is 6.14. The van der Waals surface area contributed by atoms with E-state index in [2.05, 4.69) is 15.5 Å². The molecule has 2 atom stereocenters. The third-order valence-electron chi connectivity index (χ3n) is 6.75. The number of ether oxygens (including phenoxy) is 1. The first-order valence-electron chi connectivity index (χ1n) is 9.86. The number of nitrogens with zero attached hydrogens (tertiary/aromatic N) is 2. The van der Waals surface area contributed by atoms with E-state index in [9.17, 15) is 9.59 Å². The summed E-state index contributed by atoms with van der Waals surface area (Å²) in [5, 5.41) is 7.85. The molecule has 3 aliphatic rings. The van der Waals surface area contributed by atoms with Crippen LogP contribution in [0.5, 0.6) is 0 Å². The highest BCUT2D eigenvalue weighted by molar-refractivity contribution is 7.17. The molecule has 2 saturated carbocycles. The Balaban J connectivity index is 1.50. The van der Waals surface area contributed by atoms with Gasteiger partial charge in [-0.1, -0.05) is 11.6 Å². The summed E-state index contributed by atoms with van der Waals surface area (Å²) in [6, 6.07) is 0. The Kier molecular flexibility index (Phi) is 3.91. The van der Waals surface area contributed by atoms with Crippen molar-refractivity contribution in [3.8, 4) is 11.5 Å². The smallest absolute Gasteiger partial charge is 0.312 e. The average molecular weight is 401 g/mol. The van der Waals surface area contributed by atoms with Gasteiger partial charge in [0, 0.05) is 4.88 Å². The number of methoxy groups -OCH3 is 1. The number of nitrogens with one attached hydrogen (secondary N) is 1. The molecular weight excluding hydrogens is 378 g/mol. The molecule has 0 radical (unpaired) electrons. The number of thiophene rings is 1. The highest BCUT2D eigenvalue weighted by Crippen LogP contribution is 2.74. The lowest BCUT2D eigenvalue weighted by molar-refractivity contribution is -0.149. The van der Waals surface area contributed by atoms with Gasteiger partial charge in [0.15, 0.2) is 5.82 Å². The number of hydrogen-bond donors (Lipinski definition) is 1. The summed E-state index contributed by atoms with van der Waals surface area (Å²) in [6.45, 7) is 1.79. The minimum Gasteiger partial charge on any atom is -0.469 e. The van der Waals surface area contributed by atoms with E-state index >= 15 is 0 Å². The van der Waals surface area contributed by atoms with Crippen molar-refractivity contribution in [3.63, 3.8) is 0 Å². The van der Waals surface area contributed by atoms with Crippen molar-refractivity contribution in [2.24, 2.45) is 10.8 Å². The number of amides is 1. The molecule has 2 fully saturated rings. The molecule has 2 aromatic heterocycles. The zero-order valence-electron chi connectivity index (χ0n) is 16.1. The van der Waals surface area contributed by atoms with Crippen molar-refractivity contribution in [3.05, 3.63) is 16.3 Å². The van der Waals surface area contributed by atoms with Gasteiger partial charge in [0.05, 0.1) is 23.5 Å². The molecule has 1 N–H and O–H groups in total. The monoisotopic (exact) mass is 401 g/mol. The van der Waals surface area contributed by atoms with E-state index in [-0.39, 0.29) is 11.9 Å². The lowest BCUT2D eigenvalue weighted by atomic mass is 9.94. The zero-order valence-corrected chi connectivity index (χ0v) is 16.9. The van der Waals surface area contributed by atoms with Gasteiger partial charge >= 0.3 is 5.97 Å². The minimum atomic E-state index is -0.635. The van der Waals surface area contributed by atoms with Crippen molar-refractivity contribution < 1.29 is 18.8 Å². The topological polar surface area (TPSA) is 94.3 Å². The van der Waals surface area contributed by atoms with E-state index in [0.29, 0.717) is 18.1 Å². The van der Waals surface area contributed by atoms with Crippen LogP contribution >= 0.6 is 11.3 Å². The summed E-state index contributed by atoms with van der Waals surface area (Å²) in [6.07, 6.45) is 7.14. The Morgan fingerprint density at radius 1 is 1.18 bits per heavy atom. The summed E-state index contributed by atoms with van der Waals surface area (Å²) < 4.78 is 10.5. The molecule has 0 aliphatic heterocycles. The predicted molar refractivity (Wildman–Crippen MR) is 103 cm³/mol. The molecule has 2 aromatic rings. The predicted octanol–water partition coefficient (Wildman–Crippen LogP) is 3.66. The molecule has 3 aliphatic carbocycles. The fraction of sp³-hybridized carbons (Fsp3) is 0.600. The minimum absolute atomic E-state index is 0.0773. The molecule has 2 heterocycles. The van der Waals surface area contributed by atoms with Gasteiger partial charge in [-0.3, -0.25) is 9.59 Å². The zero-order chi connectivity index (χ0) is 19.5. The molecule has 0 spiro atoms. The van der Waals surface area contributed by atoms with Crippen molar-refractivity contribution >= 4 is 28.2 Å². The Hall–Kier alpha value is -2.22. The quantitative estimate of drug-likeness (QED) is 0.786. The Morgan fingerprint density at radius 3 is 2.71 bits per heavy atom. The summed E-state index contributed by atoms with van der Waals surface area (Å²) in [5.74, 6) is 0.709. The largest absolute Gasteiger partial charge is 0.469 e. The van der Waals surface area contributed by atoms with Crippen LogP contribution in [0.4, 0.5) is 5.00 Å². The highest BCUT2D eigenvalue weighted by atomic mass is 32.1. The van der Waals surface area contributed by atoms with E-state index in [1.54, 1.807) is 18.3 Å². The maximum atomic E-state index is 13.3. The van der Waals surface area contributed by atoms with Crippen molar-refractivity contribution in [1.82, 2.24) is 10.1 Å². The SMILES string of the molecule is COC(=O)C12CCCC1(C(=O)Nc1sc3c(c1-c1nc(C)no1)CCCC3)C2. The van der Waals surface area contributed by atoms with Crippen LogP contribution in [0.2, 0.25) is 0 Å². The number of fused-ring (bicyclic) bond motifs is 2. The Bertz CT molecular complexity index is 980. The maximum Gasteiger partial charge on any atom is 0.312 e. The molecule has 2 unspecified atom stereocenters. The van der Waals surface area contributed by atoms with Gasteiger partial charge in [0.25, 0.3) is 5.89 Å². The van der Waals surface area contributed by atoms with Crippen molar-refractivity contribution in [2.75, 3.05) is 12.4 Å². The van der Waals surface area contributed by atoms with Gasteiger partial charge in [0.1, 0.15) is 5.00 Å². The average Bonchev–Trinajstić information content (AvgIpc) is 3.03. The van der Waals surface area contributed by atoms with Crippen LogP contribution in [0.15, 0.2) is 4.52 Å². The third-order valence-corrected chi connectivity index (χ3v) is 7.96. The van der Waals surface area contributed by atoms with E-state index in [0.717, 1.165) is 55.5 Å². The molecule has 8 heteroatoms. The van der Waals surface area contributed by atoms with Gasteiger partial charge in [0.2, 0.25) is 5.91 Å². The number of aromatic nitrogens is 2. The second-order valence-corrected chi connectivity index (χ2v) is 9.31. The number of rotatable bonds is 4. The summed E-state index contributed by atoms with van der Waals surface area (Å²) in [5.41, 5.74) is 0.817. The highest BCUT2D eigenvalue weighted by Gasteiger charge is 2.78. The van der Waals surface area contributed by atoms with Gasteiger partial charge in [-0.05, 0) is 57.4 Å². The first kappa shape index (κ1) is 17.8. The van der Waals surface area contributed by atoms with E-state index in [1.165, 1.54) is 17.6 Å². The number of anilines is 1. The normalized spacial score (nSPS) is 27.8. The van der Waals surface area contributed by atoms with Crippen LogP contribution in [-0.2, 0) is 27.2 Å². The van der Waals surface area contributed by atoms with Crippen LogP contribution in [-0.4, -0.2) is 29.1 Å². The molecule has 0 bridgehead atoms. The lowest BCUT2D eigenvalue weighted by Crippen LogP contribution is -2.30. The van der Waals surface area contributed by atoms with Crippen LogP contribution in [0.3, 0.4) is 0 Å². The number of hydrogen-bond acceptors (Lipinski definition) is 7. The fourth-order valence-electron chi connectivity index (χ4n) is 5.30. The van der Waals surface area contributed by atoms with Gasteiger partial charge in [-0.15, -0.1) is 11.3 Å². The first-order chi connectivity index (χ1) is 13.5. The summed E-state index contributed by atoms with van der Waals surface area (Å²) >= 11 is 1.61. The third kappa shape index (κ3) is 2.33. The fourth-order valence-corrected chi connectivity index (χ4v) is 6.57. The molecule has 1 amide bonds. The maximum absolute atomic E-state index is 13.3. The van der Waals surface area contributed by atoms with E-state index in [1.807, 2.05) is 0 Å². The van der Waals surface area contributed by atoms with Crippen molar-refractivity contribution in [2.45, 2.75) is 58.3 Å². The summed E-state index contributed by atoms with van der Waals surface area (Å²) in [4.78, 5) is 31.4. The molecule has 7 nitrogen and oxygen atoms in total. The van der Waals surface area contributed by atoms with E-state index in [4.69, 9.17) is 9.26 Å². The molecule has 0 saturated heterocycles. The van der Waals surface area contributed by atoms with Gasteiger partial charge in [-0.25, -0.2) is 0 Å². The van der Waals surface area contributed by atoms with Gasteiger partial charge < -0.3 is 14.6 Å². The Labute approximate surface area is 166 Å². The standard InChI is InChI=1S/C20H23N3O4S/c1-11-21-15(27-23-11)14-12-6-3-4-7-13(12)28-16(14)22-17(24)19-8-5-9-20(19,10-19)18(25)26-2/h3-10H2,1-2H3,(H,22,24). The lowest BCUT2D eigenvalue weighted by Gasteiger charge is -2.16. The van der Waals surface area contributed by atoms with Gasteiger partial charge in [-0.2, -0.15) is 4.98 Å². The number of esters is 1. The Morgan fingerprint density at radius 2 is 1.96 bits per heavy atom. The molecule has 148 valence electrons. The number of carbonyl (C=O) groups is 2. The van der Waals surface area contributed by atoms with Crippen LogP contribution < -0.4 is 5.32 Å². The number of carbonyl (C=O) groups excluding carboxylic acids is 2. The first-order valence-corrected chi connectivity index (χ1v) is 10.7. The number of aryl methyl sites for hydroxylation is 2. The summed E-state index contributed by atoms with van der Waals surface area (Å²) in [7, 11) is 1.40. The second-order valence-electron chi connectivity index (χ2n) is 8.20. The molecule has 0 aromatic carbocycles. The molecular formula is C20H23N3O4S. The van der Waals surface area contributed by atoms with Crippen LogP contribution in [0, 0.1) is 17.8 Å². The van der Waals surface area contributed by atoms with Crippen LogP contribution in [0.25, 0.3) is 11.5 Å². The van der Waals surface area contributed by atoms with Crippen molar-refractivity contribution in [1.29, 1.82) is 0 Å². The van der Waals surface area contributed by atoms with Crippen LogP contribution in [0.1, 0.15) is 54.8 Å². The molecule has 28 heavy (non-hydrogen) atoms. The van der Waals surface area contributed by atoms with E-state index < -0.39 is 10.8 Å².